The third-order valence-corrected chi connectivity index (χ3v) is 3.22. The van der Waals surface area contributed by atoms with E-state index in [2.05, 4.69) is 10.5 Å². The number of carbonyl (C=O) groups is 1. The predicted octanol–water partition coefficient (Wildman–Crippen LogP) is 2.92. The summed E-state index contributed by atoms with van der Waals surface area (Å²) in [6, 6.07) is 15.0. The van der Waals surface area contributed by atoms with Crippen molar-refractivity contribution in [2.75, 3.05) is 25.6 Å². The van der Waals surface area contributed by atoms with Gasteiger partial charge in [0.05, 0.1) is 18.4 Å². The maximum Gasteiger partial charge on any atom is 0.275 e. The summed E-state index contributed by atoms with van der Waals surface area (Å²) in [6.07, 6.45) is 1.61. The molecule has 5 nitrogen and oxygen atoms in total. The Kier molecular flexibility index (Phi) is 5.74. The van der Waals surface area contributed by atoms with Gasteiger partial charge < -0.3 is 9.64 Å². The first-order chi connectivity index (χ1) is 11.1. The number of benzene rings is 2. The van der Waals surface area contributed by atoms with E-state index in [-0.39, 0.29) is 5.91 Å². The van der Waals surface area contributed by atoms with E-state index in [9.17, 15) is 4.79 Å². The first-order valence-corrected chi connectivity index (χ1v) is 7.44. The molecule has 0 heterocycles. The third kappa shape index (κ3) is 4.57. The van der Waals surface area contributed by atoms with Crippen molar-refractivity contribution in [3.63, 3.8) is 0 Å². The number of hydrogen-bond donors (Lipinski definition) is 1. The van der Waals surface area contributed by atoms with Crippen LogP contribution in [0.4, 0.5) is 5.69 Å². The summed E-state index contributed by atoms with van der Waals surface area (Å²) in [6.45, 7) is 2.38. The van der Waals surface area contributed by atoms with Gasteiger partial charge in [0, 0.05) is 19.8 Å². The topological polar surface area (TPSA) is 53.9 Å². The van der Waals surface area contributed by atoms with Gasteiger partial charge in [0.25, 0.3) is 5.91 Å². The van der Waals surface area contributed by atoms with E-state index in [1.165, 1.54) is 0 Å². The average Bonchev–Trinajstić information content (AvgIpc) is 2.56. The Bertz CT molecular complexity index is 679. The number of nitrogens with zero attached hydrogens (tertiary/aromatic N) is 2. The van der Waals surface area contributed by atoms with Gasteiger partial charge in [-0.15, -0.1) is 0 Å². The molecule has 0 saturated heterocycles. The quantitative estimate of drug-likeness (QED) is 0.659. The summed E-state index contributed by atoms with van der Waals surface area (Å²) < 4.78 is 5.44. The van der Waals surface area contributed by atoms with E-state index in [0.717, 1.165) is 11.3 Å². The molecule has 0 radical (unpaired) electrons. The van der Waals surface area contributed by atoms with E-state index >= 15 is 0 Å². The second-order valence-electron chi connectivity index (χ2n) is 5.11. The van der Waals surface area contributed by atoms with E-state index in [1.54, 1.807) is 24.4 Å². The first kappa shape index (κ1) is 16.5. The van der Waals surface area contributed by atoms with Crippen LogP contribution < -0.4 is 15.1 Å². The van der Waals surface area contributed by atoms with Crippen molar-refractivity contribution in [1.29, 1.82) is 0 Å². The van der Waals surface area contributed by atoms with Gasteiger partial charge in [-0.2, -0.15) is 5.10 Å². The number of anilines is 1. The lowest BCUT2D eigenvalue weighted by atomic mass is 10.2. The smallest absolute Gasteiger partial charge is 0.275 e. The molecule has 2 rings (SSSR count). The maximum atomic E-state index is 12.2. The van der Waals surface area contributed by atoms with E-state index in [1.807, 2.05) is 56.3 Å². The van der Waals surface area contributed by atoms with Gasteiger partial charge in [-0.1, -0.05) is 24.3 Å². The third-order valence-electron chi connectivity index (χ3n) is 3.22. The van der Waals surface area contributed by atoms with E-state index in [0.29, 0.717) is 17.9 Å². The number of amides is 1. The van der Waals surface area contributed by atoms with Crippen LogP contribution in [0.2, 0.25) is 0 Å². The zero-order chi connectivity index (χ0) is 16.7. The fraction of sp³-hybridized carbons (Fsp3) is 0.222. The van der Waals surface area contributed by atoms with Crippen LogP contribution in [-0.2, 0) is 0 Å². The van der Waals surface area contributed by atoms with Crippen LogP contribution in [0.25, 0.3) is 0 Å². The molecule has 5 heteroatoms. The van der Waals surface area contributed by atoms with E-state index < -0.39 is 0 Å². The summed E-state index contributed by atoms with van der Waals surface area (Å²) in [4.78, 5) is 14.2. The molecule has 1 N–H and O–H groups in total. The van der Waals surface area contributed by atoms with Gasteiger partial charge >= 0.3 is 0 Å². The summed E-state index contributed by atoms with van der Waals surface area (Å²) in [5, 5.41) is 4.00. The van der Waals surface area contributed by atoms with Crippen LogP contribution in [0.3, 0.4) is 0 Å². The molecule has 0 aromatic heterocycles. The van der Waals surface area contributed by atoms with Gasteiger partial charge in [-0.05, 0) is 36.8 Å². The molecular formula is C18H21N3O2. The van der Waals surface area contributed by atoms with Crippen molar-refractivity contribution < 1.29 is 9.53 Å². The number of hydrogen-bond acceptors (Lipinski definition) is 4. The Labute approximate surface area is 136 Å². The van der Waals surface area contributed by atoms with Gasteiger partial charge in [-0.3, -0.25) is 4.79 Å². The van der Waals surface area contributed by atoms with Crippen molar-refractivity contribution in [3.05, 3.63) is 59.7 Å². The highest BCUT2D eigenvalue weighted by atomic mass is 16.5. The van der Waals surface area contributed by atoms with Gasteiger partial charge in [0.1, 0.15) is 5.75 Å². The van der Waals surface area contributed by atoms with Gasteiger partial charge in [0.15, 0.2) is 0 Å². The summed E-state index contributed by atoms with van der Waals surface area (Å²) >= 11 is 0. The molecule has 0 aliphatic rings. The number of nitrogens with one attached hydrogen (secondary N) is 1. The first-order valence-electron chi connectivity index (χ1n) is 7.44. The molecule has 0 aliphatic carbocycles. The van der Waals surface area contributed by atoms with Crippen molar-refractivity contribution in [2.24, 2.45) is 5.10 Å². The minimum atomic E-state index is -0.296. The van der Waals surface area contributed by atoms with Crippen molar-refractivity contribution >= 4 is 17.8 Å². The molecular weight excluding hydrogens is 290 g/mol. The molecule has 0 spiro atoms. The van der Waals surface area contributed by atoms with Crippen LogP contribution in [-0.4, -0.2) is 32.8 Å². The lowest BCUT2D eigenvalue weighted by molar-refractivity contribution is 0.0951. The maximum absolute atomic E-state index is 12.2. The highest BCUT2D eigenvalue weighted by Gasteiger charge is 2.10. The second-order valence-corrected chi connectivity index (χ2v) is 5.11. The summed E-state index contributed by atoms with van der Waals surface area (Å²) in [5.41, 5.74) is 5.01. The minimum absolute atomic E-state index is 0.296. The molecule has 0 bridgehead atoms. The predicted molar refractivity (Wildman–Crippen MR) is 93.4 cm³/mol. The van der Waals surface area contributed by atoms with Crippen LogP contribution in [0, 0.1) is 0 Å². The molecule has 1 amide bonds. The van der Waals surface area contributed by atoms with Crippen LogP contribution in [0.15, 0.2) is 53.6 Å². The molecule has 0 fully saturated rings. The fourth-order valence-electron chi connectivity index (χ4n) is 2.02. The van der Waals surface area contributed by atoms with E-state index in [4.69, 9.17) is 4.74 Å². The van der Waals surface area contributed by atoms with Crippen molar-refractivity contribution in [2.45, 2.75) is 6.92 Å². The van der Waals surface area contributed by atoms with Crippen LogP contribution in [0.5, 0.6) is 5.75 Å². The Balaban J connectivity index is 2.01. The normalized spacial score (nSPS) is 10.6. The van der Waals surface area contributed by atoms with Crippen LogP contribution in [0.1, 0.15) is 22.8 Å². The van der Waals surface area contributed by atoms with Crippen molar-refractivity contribution in [1.82, 2.24) is 5.43 Å². The Morgan fingerprint density at radius 1 is 1.17 bits per heavy atom. The highest BCUT2D eigenvalue weighted by Crippen LogP contribution is 2.17. The molecule has 0 unspecified atom stereocenters. The number of hydrazone groups is 1. The molecule has 23 heavy (non-hydrogen) atoms. The zero-order valence-electron chi connectivity index (χ0n) is 13.6. The second kappa shape index (κ2) is 7.98. The minimum Gasteiger partial charge on any atom is -0.493 e. The monoisotopic (exact) mass is 311 g/mol. The Morgan fingerprint density at radius 3 is 2.52 bits per heavy atom. The number of ether oxygens (including phenoxy) is 1. The zero-order valence-corrected chi connectivity index (χ0v) is 13.6. The lowest BCUT2D eigenvalue weighted by Gasteiger charge is -2.11. The lowest BCUT2D eigenvalue weighted by Crippen LogP contribution is -2.18. The summed E-state index contributed by atoms with van der Waals surface area (Å²) in [7, 11) is 3.97. The Morgan fingerprint density at radius 2 is 1.87 bits per heavy atom. The van der Waals surface area contributed by atoms with Gasteiger partial charge in [-0.25, -0.2) is 5.43 Å². The summed E-state index contributed by atoms with van der Waals surface area (Å²) in [5.74, 6) is 0.258. The molecule has 0 saturated carbocycles. The van der Waals surface area contributed by atoms with Crippen LogP contribution >= 0.6 is 0 Å². The number of carbonyl (C=O) groups excluding carboxylic acids is 1. The average molecular weight is 311 g/mol. The number of rotatable bonds is 6. The standard InChI is InChI=1S/C18H21N3O2/c1-4-23-17-8-6-5-7-16(17)18(22)20-19-13-14-9-11-15(12-10-14)21(2)3/h5-13H,4H2,1-3H3,(H,20,22)/b19-13-. The molecule has 2 aromatic carbocycles. The van der Waals surface area contributed by atoms with Crippen molar-refractivity contribution in [3.8, 4) is 5.75 Å². The molecule has 0 atom stereocenters. The highest BCUT2D eigenvalue weighted by molar-refractivity contribution is 5.97. The fourth-order valence-corrected chi connectivity index (χ4v) is 2.02. The molecule has 2 aromatic rings. The molecule has 120 valence electrons. The SMILES string of the molecule is CCOc1ccccc1C(=O)N/N=C\c1ccc(N(C)C)cc1. The molecule has 0 aliphatic heterocycles. The largest absolute Gasteiger partial charge is 0.493 e. The number of para-hydroxylation sites is 1. The van der Waals surface area contributed by atoms with Gasteiger partial charge in [0.2, 0.25) is 0 Å². The Hall–Kier alpha value is -2.82.